The van der Waals surface area contributed by atoms with Crippen molar-refractivity contribution in [2.24, 2.45) is 10.4 Å². The molecule has 1 heterocycles. The summed E-state index contributed by atoms with van der Waals surface area (Å²) < 4.78 is 0. The van der Waals surface area contributed by atoms with Crippen molar-refractivity contribution in [1.82, 2.24) is 5.32 Å². The van der Waals surface area contributed by atoms with Crippen LogP contribution in [0.3, 0.4) is 0 Å². The van der Waals surface area contributed by atoms with Gasteiger partial charge in [0.05, 0.1) is 6.54 Å². The highest BCUT2D eigenvalue weighted by molar-refractivity contribution is 8.14. The minimum Gasteiger partial charge on any atom is -0.362 e. The Labute approximate surface area is 127 Å². The summed E-state index contributed by atoms with van der Waals surface area (Å²) in [4.78, 5) is 4.65. The number of rotatable bonds is 4. The van der Waals surface area contributed by atoms with Crippen LogP contribution < -0.4 is 5.32 Å². The molecule has 0 radical (unpaired) electrons. The van der Waals surface area contributed by atoms with Crippen LogP contribution in [0.1, 0.15) is 39.7 Å². The first kappa shape index (κ1) is 15.4. The summed E-state index contributed by atoms with van der Waals surface area (Å²) in [7, 11) is 0. The number of thioether (sulfide) groups is 1. The summed E-state index contributed by atoms with van der Waals surface area (Å²) in [5.74, 6) is 0. The quantitative estimate of drug-likeness (QED) is 0.902. The van der Waals surface area contributed by atoms with Crippen molar-refractivity contribution in [3.05, 3.63) is 35.9 Å². The second kappa shape index (κ2) is 6.66. The van der Waals surface area contributed by atoms with Crippen molar-refractivity contribution in [2.45, 2.75) is 51.8 Å². The Morgan fingerprint density at radius 3 is 2.65 bits per heavy atom. The minimum atomic E-state index is 0.387. The van der Waals surface area contributed by atoms with Crippen LogP contribution >= 0.6 is 11.8 Å². The number of nitrogens with one attached hydrogen (secondary N) is 1. The van der Waals surface area contributed by atoms with Crippen molar-refractivity contribution in [2.75, 3.05) is 6.54 Å². The second-order valence-corrected chi connectivity index (χ2v) is 8.17. The molecule has 1 aliphatic heterocycles. The molecule has 2 nitrogen and oxygen atoms in total. The summed E-state index contributed by atoms with van der Waals surface area (Å²) in [5.41, 5.74) is 1.76. The Bertz CT molecular complexity index is 448. The molecule has 0 saturated carbocycles. The predicted octanol–water partition coefficient (Wildman–Crippen LogP) is 4.11. The van der Waals surface area contributed by atoms with E-state index in [0.717, 1.165) is 18.1 Å². The summed E-state index contributed by atoms with van der Waals surface area (Å²) in [6.07, 6.45) is 2.27. The minimum absolute atomic E-state index is 0.387. The van der Waals surface area contributed by atoms with E-state index in [2.05, 4.69) is 68.3 Å². The lowest BCUT2D eigenvalue weighted by Gasteiger charge is -2.22. The Hall–Kier alpha value is -0.960. The zero-order valence-corrected chi connectivity index (χ0v) is 13.8. The standard InChI is InChI=1S/C17H26N2S/c1-13(10-14-8-6-5-7-9-14)19-16-18-12-15(20-16)11-17(2,3)4/h5-9,13,15H,10-12H2,1-4H3,(H,18,19). The van der Waals surface area contributed by atoms with E-state index in [4.69, 9.17) is 0 Å². The number of nitrogens with zero attached hydrogens (tertiary/aromatic N) is 1. The van der Waals surface area contributed by atoms with Gasteiger partial charge in [-0.3, -0.25) is 4.99 Å². The fourth-order valence-corrected chi connectivity index (χ4v) is 3.98. The van der Waals surface area contributed by atoms with Crippen LogP contribution in [0, 0.1) is 5.41 Å². The Morgan fingerprint density at radius 2 is 2.00 bits per heavy atom. The molecule has 3 heteroatoms. The SMILES string of the molecule is CC(Cc1ccccc1)NC1=NCC(CC(C)(C)C)S1. The zero-order chi connectivity index (χ0) is 14.6. The van der Waals surface area contributed by atoms with Crippen LogP contribution in [0.2, 0.25) is 0 Å². The summed E-state index contributed by atoms with van der Waals surface area (Å²) >= 11 is 1.92. The molecule has 1 aliphatic rings. The van der Waals surface area contributed by atoms with Crippen LogP contribution in [0.5, 0.6) is 0 Å². The van der Waals surface area contributed by atoms with Crippen LogP contribution in [0.15, 0.2) is 35.3 Å². The second-order valence-electron chi connectivity index (χ2n) is 6.89. The third kappa shape index (κ3) is 5.20. The first-order valence-electron chi connectivity index (χ1n) is 7.44. The van der Waals surface area contributed by atoms with E-state index >= 15 is 0 Å². The highest BCUT2D eigenvalue weighted by Crippen LogP contribution is 2.31. The average Bonchev–Trinajstić information content (AvgIpc) is 2.75. The summed E-state index contributed by atoms with van der Waals surface area (Å²) in [6.45, 7) is 10.1. The number of benzene rings is 1. The van der Waals surface area contributed by atoms with E-state index in [1.165, 1.54) is 12.0 Å². The maximum Gasteiger partial charge on any atom is 0.157 e. The molecule has 0 aromatic heterocycles. The predicted molar refractivity (Wildman–Crippen MR) is 90.5 cm³/mol. The van der Waals surface area contributed by atoms with Crippen LogP contribution in [-0.2, 0) is 6.42 Å². The fraction of sp³-hybridized carbons (Fsp3) is 0.588. The third-order valence-electron chi connectivity index (χ3n) is 3.31. The maximum atomic E-state index is 4.65. The molecule has 2 rings (SSSR count). The van der Waals surface area contributed by atoms with Gasteiger partial charge in [0, 0.05) is 11.3 Å². The van der Waals surface area contributed by atoms with E-state index in [-0.39, 0.29) is 0 Å². The molecular formula is C17H26N2S. The Morgan fingerprint density at radius 1 is 1.30 bits per heavy atom. The molecule has 0 spiro atoms. The van der Waals surface area contributed by atoms with Gasteiger partial charge in [0.15, 0.2) is 5.17 Å². The van der Waals surface area contributed by atoms with Gasteiger partial charge in [-0.05, 0) is 30.7 Å². The Kier molecular flexibility index (Phi) is 5.14. The molecule has 110 valence electrons. The van der Waals surface area contributed by atoms with Crippen molar-refractivity contribution in [3.63, 3.8) is 0 Å². The van der Waals surface area contributed by atoms with Crippen molar-refractivity contribution in [1.29, 1.82) is 0 Å². The van der Waals surface area contributed by atoms with Crippen molar-refractivity contribution in [3.8, 4) is 0 Å². The number of hydrogen-bond donors (Lipinski definition) is 1. The van der Waals surface area contributed by atoms with Crippen LogP contribution in [0.4, 0.5) is 0 Å². The van der Waals surface area contributed by atoms with Gasteiger partial charge in [0.1, 0.15) is 0 Å². The lowest BCUT2D eigenvalue weighted by molar-refractivity contribution is 0.375. The fourth-order valence-electron chi connectivity index (χ4n) is 2.52. The van der Waals surface area contributed by atoms with Gasteiger partial charge in [0.2, 0.25) is 0 Å². The molecule has 1 aromatic carbocycles. The molecule has 2 unspecified atom stereocenters. The first-order valence-corrected chi connectivity index (χ1v) is 8.32. The third-order valence-corrected chi connectivity index (χ3v) is 4.43. The highest BCUT2D eigenvalue weighted by Gasteiger charge is 2.25. The van der Waals surface area contributed by atoms with Gasteiger partial charge < -0.3 is 5.32 Å². The van der Waals surface area contributed by atoms with Crippen LogP contribution in [-0.4, -0.2) is 23.0 Å². The molecule has 0 bridgehead atoms. The maximum absolute atomic E-state index is 4.65. The molecule has 0 aliphatic carbocycles. The molecule has 2 atom stereocenters. The molecule has 1 aromatic rings. The smallest absolute Gasteiger partial charge is 0.157 e. The van der Waals surface area contributed by atoms with Gasteiger partial charge in [-0.1, -0.05) is 62.9 Å². The molecule has 0 amide bonds. The van der Waals surface area contributed by atoms with Crippen LogP contribution in [0.25, 0.3) is 0 Å². The van der Waals surface area contributed by atoms with E-state index in [1.807, 2.05) is 11.8 Å². The normalized spacial score (nSPS) is 20.6. The van der Waals surface area contributed by atoms with Gasteiger partial charge in [0.25, 0.3) is 0 Å². The number of aliphatic imine (C=N–C) groups is 1. The lowest BCUT2D eigenvalue weighted by Crippen LogP contribution is -2.31. The van der Waals surface area contributed by atoms with E-state index in [1.54, 1.807) is 0 Å². The average molecular weight is 290 g/mol. The van der Waals surface area contributed by atoms with E-state index in [9.17, 15) is 0 Å². The van der Waals surface area contributed by atoms with Gasteiger partial charge in [-0.25, -0.2) is 0 Å². The van der Waals surface area contributed by atoms with Crippen molar-refractivity contribution < 1.29 is 0 Å². The lowest BCUT2D eigenvalue weighted by atomic mass is 9.90. The molecule has 0 fully saturated rings. The Balaban J connectivity index is 1.77. The number of hydrogen-bond acceptors (Lipinski definition) is 3. The monoisotopic (exact) mass is 290 g/mol. The molecule has 0 saturated heterocycles. The number of amidine groups is 1. The zero-order valence-electron chi connectivity index (χ0n) is 13.0. The van der Waals surface area contributed by atoms with E-state index < -0.39 is 0 Å². The molecular weight excluding hydrogens is 264 g/mol. The van der Waals surface area contributed by atoms with Gasteiger partial charge in [-0.2, -0.15) is 0 Å². The first-order chi connectivity index (χ1) is 9.42. The van der Waals surface area contributed by atoms with Gasteiger partial charge in [-0.15, -0.1) is 0 Å². The van der Waals surface area contributed by atoms with Crippen molar-refractivity contribution >= 4 is 16.9 Å². The largest absolute Gasteiger partial charge is 0.362 e. The highest BCUT2D eigenvalue weighted by atomic mass is 32.2. The summed E-state index contributed by atoms with van der Waals surface area (Å²) in [5, 5.41) is 5.32. The topological polar surface area (TPSA) is 24.4 Å². The molecule has 1 N–H and O–H groups in total. The van der Waals surface area contributed by atoms with Gasteiger partial charge >= 0.3 is 0 Å². The molecule has 20 heavy (non-hydrogen) atoms. The van der Waals surface area contributed by atoms with E-state index in [0.29, 0.717) is 16.7 Å². The summed E-state index contributed by atoms with van der Waals surface area (Å²) in [6, 6.07) is 11.1.